The molecular formula is C18H15N3O4. The van der Waals surface area contributed by atoms with E-state index in [9.17, 15) is 9.59 Å². The van der Waals surface area contributed by atoms with Gasteiger partial charge < -0.3 is 10.2 Å². The Balaban J connectivity index is 0.000000257. The summed E-state index contributed by atoms with van der Waals surface area (Å²) in [6.45, 7) is 0. The molecule has 0 saturated heterocycles. The van der Waals surface area contributed by atoms with Crippen LogP contribution in [0.5, 0.6) is 0 Å². The summed E-state index contributed by atoms with van der Waals surface area (Å²) in [6.07, 6.45) is 5.18. The Morgan fingerprint density at radius 3 is 1.76 bits per heavy atom. The lowest BCUT2D eigenvalue weighted by Gasteiger charge is -1.92. The summed E-state index contributed by atoms with van der Waals surface area (Å²) in [5, 5.41) is 20.0. The van der Waals surface area contributed by atoms with Crippen LogP contribution >= 0.6 is 0 Å². The fourth-order valence-electron chi connectivity index (χ4n) is 1.60. The molecule has 0 saturated carbocycles. The number of carboxylic acids is 2. The number of aliphatic carboxylic acids is 2. The minimum atomic E-state index is -0.996. The van der Waals surface area contributed by atoms with Crippen LogP contribution < -0.4 is 0 Å². The molecule has 0 aromatic heterocycles. The second-order valence-electron chi connectivity index (χ2n) is 4.53. The van der Waals surface area contributed by atoms with E-state index in [1.165, 1.54) is 6.08 Å². The molecule has 2 rings (SSSR count). The van der Waals surface area contributed by atoms with Gasteiger partial charge in [-0.05, 0) is 28.8 Å². The van der Waals surface area contributed by atoms with E-state index in [4.69, 9.17) is 15.7 Å². The van der Waals surface area contributed by atoms with Crippen molar-refractivity contribution < 1.29 is 19.8 Å². The van der Waals surface area contributed by atoms with Crippen LogP contribution in [0, 0.1) is 0 Å². The topological polar surface area (TPSA) is 123 Å². The van der Waals surface area contributed by atoms with Gasteiger partial charge in [-0.3, -0.25) is 0 Å². The molecule has 0 aliphatic carbocycles. The summed E-state index contributed by atoms with van der Waals surface area (Å²) in [7, 11) is 0. The quantitative estimate of drug-likeness (QED) is 0.360. The molecule has 0 heterocycles. The molecule has 2 aromatic rings. The SMILES string of the molecule is O=C(O)C=Cc1ccccc1.[N-]=[N+]=Nc1ccc(C=CC(=O)O)cc1. The van der Waals surface area contributed by atoms with Crippen LogP contribution in [0.2, 0.25) is 0 Å². The summed E-state index contributed by atoms with van der Waals surface area (Å²) in [6, 6.07) is 15.9. The molecule has 126 valence electrons. The van der Waals surface area contributed by atoms with E-state index in [1.807, 2.05) is 30.3 Å². The van der Waals surface area contributed by atoms with Gasteiger partial charge in [-0.1, -0.05) is 59.7 Å². The lowest BCUT2D eigenvalue weighted by atomic mass is 10.2. The summed E-state index contributed by atoms with van der Waals surface area (Å²) >= 11 is 0. The van der Waals surface area contributed by atoms with Crippen molar-refractivity contribution in [3.05, 3.63) is 88.3 Å². The molecule has 2 aromatic carbocycles. The van der Waals surface area contributed by atoms with Crippen molar-refractivity contribution in [1.29, 1.82) is 0 Å². The largest absolute Gasteiger partial charge is 0.478 e. The molecule has 0 unspecified atom stereocenters. The van der Waals surface area contributed by atoms with Gasteiger partial charge in [-0.15, -0.1) is 0 Å². The third kappa shape index (κ3) is 9.02. The van der Waals surface area contributed by atoms with E-state index >= 15 is 0 Å². The number of carboxylic acid groups (broad SMARTS) is 2. The van der Waals surface area contributed by atoms with Crippen LogP contribution in [0.3, 0.4) is 0 Å². The van der Waals surface area contributed by atoms with Gasteiger partial charge >= 0.3 is 11.9 Å². The van der Waals surface area contributed by atoms with Crippen molar-refractivity contribution in [2.75, 3.05) is 0 Å². The molecule has 25 heavy (non-hydrogen) atoms. The maximum atomic E-state index is 10.2. The maximum Gasteiger partial charge on any atom is 0.328 e. The first kappa shape index (κ1) is 19.2. The predicted molar refractivity (Wildman–Crippen MR) is 95.0 cm³/mol. The van der Waals surface area contributed by atoms with Gasteiger partial charge in [0, 0.05) is 22.8 Å². The lowest BCUT2D eigenvalue weighted by molar-refractivity contribution is -0.132. The molecular weight excluding hydrogens is 322 g/mol. The van der Waals surface area contributed by atoms with Crippen molar-refractivity contribution in [1.82, 2.24) is 0 Å². The molecule has 0 spiro atoms. The predicted octanol–water partition coefficient (Wildman–Crippen LogP) is 4.51. The zero-order chi connectivity index (χ0) is 18.5. The second-order valence-corrected chi connectivity index (χ2v) is 4.53. The van der Waals surface area contributed by atoms with Gasteiger partial charge in [-0.2, -0.15) is 0 Å². The Morgan fingerprint density at radius 2 is 1.32 bits per heavy atom. The molecule has 0 aliphatic heterocycles. The highest BCUT2D eigenvalue weighted by atomic mass is 16.4. The summed E-state index contributed by atoms with van der Waals surface area (Å²) < 4.78 is 0. The summed E-state index contributed by atoms with van der Waals surface area (Å²) in [4.78, 5) is 22.9. The highest BCUT2D eigenvalue weighted by Gasteiger charge is 1.90. The molecule has 0 fully saturated rings. The average molecular weight is 337 g/mol. The number of rotatable bonds is 5. The van der Waals surface area contributed by atoms with Gasteiger partial charge in [0.1, 0.15) is 0 Å². The minimum Gasteiger partial charge on any atom is -0.478 e. The van der Waals surface area contributed by atoms with Gasteiger partial charge in [0.25, 0.3) is 0 Å². The van der Waals surface area contributed by atoms with Crippen LogP contribution in [0.25, 0.3) is 22.6 Å². The molecule has 0 radical (unpaired) electrons. The summed E-state index contributed by atoms with van der Waals surface area (Å²) in [5.41, 5.74) is 10.3. The molecule has 0 amide bonds. The minimum absolute atomic E-state index is 0.500. The van der Waals surface area contributed by atoms with Crippen LogP contribution in [0.1, 0.15) is 11.1 Å². The fourth-order valence-corrected chi connectivity index (χ4v) is 1.60. The van der Waals surface area contributed by atoms with Crippen molar-refractivity contribution in [2.45, 2.75) is 0 Å². The third-order valence-corrected chi connectivity index (χ3v) is 2.69. The van der Waals surface area contributed by atoms with E-state index in [1.54, 1.807) is 30.3 Å². The number of hydrogen-bond acceptors (Lipinski definition) is 3. The smallest absolute Gasteiger partial charge is 0.328 e. The van der Waals surface area contributed by atoms with Crippen molar-refractivity contribution in [2.24, 2.45) is 5.11 Å². The lowest BCUT2D eigenvalue weighted by Crippen LogP contribution is -1.85. The Morgan fingerprint density at radius 1 is 0.840 bits per heavy atom. The number of benzene rings is 2. The first-order valence-electron chi connectivity index (χ1n) is 7.03. The van der Waals surface area contributed by atoms with Crippen LogP contribution in [0.4, 0.5) is 5.69 Å². The average Bonchev–Trinajstić information content (AvgIpc) is 2.61. The molecule has 0 atom stereocenters. The van der Waals surface area contributed by atoms with Crippen LogP contribution in [-0.4, -0.2) is 22.2 Å². The highest BCUT2D eigenvalue weighted by Crippen LogP contribution is 2.13. The number of hydrogen-bond donors (Lipinski definition) is 2. The van der Waals surface area contributed by atoms with Gasteiger partial charge in [0.15, 0.2) is 0 Å². The number of carbonyl (C=O) groups is 2. The van der Waals surface area contributed by atoms with Gasteiger partial charge in [0.2, 0.25) is 0 Å². The van der Waals surface area contributed by atoms with Crippen LogP contribution in [0.15, 0.2) is 71.9 Å². The Hall–Kier alpha value is -3.83. The first-order chi connectivity index (χ1) is 12.0. The molecule has 2 N–H and O–H groups in total. The second kappa shape index (κ2) is 10.8. The number of azide groups is 1. The maximum absolute atomic E-state index is 10.2. The first-order valence-corrected chi connectivity index (χ1v) is 7.03. The molecule has 0 bridgehead atoms. The van der Waals surface area contributed by atoms with E-state index in [0.29, 0.717) is 5.69 Å². The van der Waals surface area contributed by atoms with E-state index in [2.05, 4.69) is 10.0 Å². The normalized spacial score (nSPS) is 9.92. The number of nitrogens with zero attached hydrogens (tertiary/aromatic N) is 3. The van der Waals surface area contributed by atoms with Crippen molar-refractivity contribution >= 4 is 29.8 Å². The fraction of sp³-hybridized carbons (Fsp3) is 0. The summed E-state index contributed by atoms with van der Waals surface area (Å²) in [5.74, 6) is -1.92. The molecule has 7 nitrogen and oxygen atoms in total. The Bertz CT molecular complexity index is 806. The van der Waals surface area contributed by atoms with Crippen molar-refractivity contribution in [3.63, 3.8) is 0 Å². The van der Waals surface area contributed by atoms with E-state index in [-0.39, 0.29) is 0 Å². The third-order valence-electron chi connectivity index (χ3n) is 2.69. The Labute approximate surface area is 143 Å². The van der Waals surface area contributed by atoms with E-state index in [0.717, 1.165) is 23.3 Å². The zero-order valence-electron chi connectivity index (χ0n) is 13.1. The van der Waals surface area contributed by atoms with Gasteiger partial charge in [-0.25, -0.2) is 9.59 Å². The molecule has 7 heteroatoms. The standard InChI is InChI=1S/C9H7N3O2.C9H8O2/c10-12-11-8-4-1-7(2-5-8)3-6-9(13)14;10-9(11)7-6-8-4-2-1-3-5-8/h1-6H,(H,13,14);1-7H,(H,10,11). The van der Waals surface area contributed by atoms with Crippen LogP contribution in [-0.2, 0) is 9.59 Å². The van der Waals surface area contributed by atoms with Gasteiger partial charge in [0.05, 0.1) is 0 Å². The van der Waals surface area contributed by atoms with Crippen molar-refractivity contribution in [3.8, 4) is 0 Å². The molecule has 0 aliphatic rings. The zero-order valence-corrected chi connectivity index (χ0v) is 13.1. The Kier molecular flexibility index (Phi) is 8.32. The highest BCUT2D eigenvalue weighted by molar-refractivity contribution is 5.85. The monoisotopic (exact) mass is 337 g/mol. The van der Waals surface area contributed by atoms with E-state index < -0.39 is 11.9 Å².